The number of halogens is 2. The second kappa shape index (κ2) is 4.69. The Morgan fingerprint density at radius 3 is 2.28 bits per heavy atom. The summed E-state index contributed by atoms with van der Waals surface area (Å²) in [4.78, 5) is 12.1. The number of ketones is 1. The Bertz CT molecular complexity index is 598. The van der Waals surface area contributed by atoms with Crippen molar-refractivity contribution in [1.82, 2.24) is 0 Å². The van der Waals surface area contributed by atoms with Gasteiger partial charge in [-0.2, -0.15) is 0 Å². The SMILES string of the molecule is Cc1cc(F)cc(C(=O)c2ccc(F)c(C)c2)c1. The Morgan fingerprint density at radius 2 is 1.67 bits per heavy atom. The maximum absolute atomic E-state index is 13.2. The van der Waals surface area contributed by atoms with Crippen molar-refractivity contribution in [3.63, 3.8) is 0 Å². The van der Waals surface area contributed by atoms with Gasteiger partial charge in [-0.05, 0) is 61.4 Å². The third kappa shape index (κ3) is 2.45. The van der Waals surface area contributed by atoms with Gasteiger partial charge in [-0.25, -0.2) is 8.78 Å². The van der Waals surface area contributed by atoms with Gasteiger partial charge in [0.2, 0.25) is 0 Å². The first-order valence-electron chi connectivity index (χ1n) is 5.55. The Labute approximate surface area is 104 Å². The number of carbonyl (C=O) groups is 1. The molecule has 0 spiro atoms. The fourth-order valence-electron chi connectivity index (χ4n) is 1.82. The summed E-state index contributed by atoms with van der Waals surface area (Å²) in [5.41, 5.74) is 1.71. The minimum atomic E-state index is -0.447. The summed E-state index contributed by atoms with van der Waals surface area (Å²) in [5, 5.41) is 0. The molecule has 0 aromatic heterocycles. The van der Waals surface area contributed by atoms with E-state index in [1.165, 1.54) is 30.3 Å². The van der Waals surface area contributed by atoms with E-state index in [0.29, 0.717) is 16.7 Å². The van der Waals surface area contributed by atoms with Gasteiger partial charge in [0.15, 0.2) is 5.78 Å². The minimum absolute atomic E-state index is 0.276. The normalized spacial score (nSPS) is 10.4. The monoisotopic (exact) mass is 246 g/mol. The summed E-state index contributed by atoms with van der Waals surface area (Å²) < 4.78 is 26.4. The van der Waals surface area contributed by atoms with Gasteiger partial charge in [0, 0.05) is 11.1 Å². The van der Waals surface area contributed by atoms with Crippen LogP contribution in [-0.2, 0) is 0 Å². The first kappa shape index (κ1) is 12.4. The largest absolute Gasteiger partial charge is 0.289 e. The van der Waals surface area contributed by atoms with Crippen molar-refractivity contribution in [2.24, 2.45) is 0 Å². The maximum atomic E-state index is 13.2. The molecule has 0 fully saturated rings. The molecule has 0 bridgehead atoms. The van der Waals surface area contributed by atoms with Crippen molar-refractivity contribution in [2.45, 2.75) is 13.8 Å². The zero-order valence-corrected chi connectivity index (χ0v) is 10.1. The van der Waals surface area contributed by atoms with Crippen molar-refractivity contribution in [3.8, 4) is 0 Å². The molecule has 3 heteroatoms. The van der Waals surface area contributed by atoms with E-state index in [0.717, 1.165) is 0 Å². The molecule has 1 nitrogen and oxygen atoms in total. The molecular formula is C15H12F2O. The number of hydrogen-bond acceptors (Lipinski definition) is 1. The van der Waals surface area contributed by atoms with E-state index >= 15 is 0 Å². The van der Waals surface area contributed by atoms with Gasteiger partial charge in [0.1, 0.15) is 11.6 Å². The molecule has 2 rings (SSSR count). The first-order valence-corrected chi connectivity index (χ1v) is 5.55. The highest BCUT2D eigenvalue weighted by Gasteiger charge is 2.12. The standard InChI is InChI=1S/C15H12F2O/c1-9-5-12(8-13(16)6-9)15(18)11-3-4-14(17)10(2)7-11/h3-8H,1-2H3. The van der Waals surface area contributed by atoms with Crippen molar-refractivity contribution < 1.29 is 13.6 Å². The van der Waals surface area contributed by atoms with E-state index in [4.69, 9.17) is 0 Å². The zero-order chi connectivity index (χ0) is 13.3. The number of hydrogen-bond donors (Lipinski definition) is 0. The Kier molecular flexibility index (Phi) is 3.24. The molecule has 2 aromatic rings. The van der Waals surface area contributed by atoms with E-state index in [-0.39, 0.29) is 17.2 Å². The summed E-state index contributed by atoms with van der Waals surface area (Å²) in [5.74, 6) is -1.11. The van der Waals surface area contributed by atoms with E-state index in [1.807, 2.05) is 0 Å². The van der Waals surface area contributed by atoms with Crippen LogP contribution in [0.15, 0.2) is 36.4 Å². The first-order chi connectivity index (χ1) is 8.47. The molecule has 0 saturated heterocycles. The molecule has 0 saturated carbocycles. The van der Waals surface area contributed by atoms with Crippen LogP contribution in [0.1, 0.15) is 27.0 Å². The smallest absolute Gasteiger partial charge is 0.193 e. The molecule has 0 aliphatic heterocycles. The van der Waals surface area contributed by atoms with Crippen molar-refractivity contribution in [2.75, 3.05) is 0 Å². The number of rotatable bonds is 2. The van der Waals surface area contributed by atoms with Gasteiger partial charge in [0.05, 0.1) is 0 Å². The molecule has 0 heterocycles. The maximum Gasteiger partial charge on any atom is 0.193 e. The third-order valence-electron chi connectivity index (χ3n) is 2.72. The lowest BCUT2D eigenvalue weighted by atomic mass is 10.00. The average molecular weight is 246 g/mol. The van der Waals surface area contributed by atoms with E-state index in [1.54, 1.807) is 19.9 Å². The molecule has 0 unspecified atom stereocenters. The molecule has 0 amide bonds. The second-order valence-electron chi connectivity index (χ2n) is 4.31. The minimum Gasteiger partial charge on any atom is -0.289 e. The van der Waals surface area contributed by atoms with Gasteiger partial charge < -0.3 is 0 Å². The predicted molar refractivity (Wildman–Crippen MR) is 65.7 cm³/mol. The molecule has 0 radical (unpaired) electrons. The van der Waals surface area contributed by atoms with E-state index in [9.17, 15) is 13.6 Å². The fourth-order valence-corrected chi connectivity index (χ4v) is 1.82. The summed E-state index contributed by atoms with van der Waals surface area (Å²) in [7, 11) is 0. The fraction of sp³-hybridized carbons (Fsp3) is 0.133. The molecule has 0 aliphatic rings. The van der Waals surface area contributed by atoms with Crippen LogP contribution in [0.4, 0.5) is 8.78 Å². The number of carbonyl (C=O) groups excluding carboxylic acids is 1. The topological polar surface area (TPSA) is 17.1 Å². The van der Waals surface area contributed by atoms with E-state index < -0.39 is 5.82 Å². The van der Waals surface area contributed by atoms with Crippen LogP contribution in [0.3, 0.4) is 0 Å². The van der Waals surface area contributed by atoms with Gasteiger partial charge in [0.25, 0.3) is 0 Å². The highest BCUT2D eigenvalue weighted by atomic mass is 19.1. The summed E-state index contributed by atoms with van der Waals surface area (Å²) in [6.07, 6.45) is 0. The van der Waals surface area contributed by atoms with Gasteiger partial charge in [-0.1, -0.05) is 0 Å². The van der Waals surface area contributed by atoms with Crippen molar-refractivity contribution in [1.29, 1.82) is 0 Å². The summed E-state index contributed by atoms with van der Waals surface area (Å²) >= 11 is 0. The molecule has 18 heavy (non-hydrogen) atoms. The van der Waals surface area contributed by atoms with Gasteiger partial charge in [-0.3, -0.25) is 4.79 Å². The van der Waals surface area contributed by atoms with Crippen LogP contribution in [0.5, 0.6) is 0 Å². The van der Waals surface area contributed by atoms with Crippen LogP contribution >= 0.6 is 0 Å². The van der Waals surface area contributed by atoms with Gasteiger partial charge >= 0.3 is 0 Å². The highest BCUT2D eigenvalue weighted by molar-refractivity contribution is 6.09. The lowest BCUT2D eigenvalue weighted by Crippen LogP contribution is -2.03. The number of benzene rings is 2. The van der Waals surface area contributed by atoms with E-state index in [2.05, 4.69) is 0 Å². The lowest BCUT2D eigenvalue weighted by Gasteiger charge is -2.04. The molecule has 0 N–H and O–H groups in total. The van der Waals surface area contributed by atoms with Crippen LogP contribution in [-0.4, -0.2) is 5.78 Å². The molecule has 0 aliphatic carbocycles. The molecule has 0 atom stereocenters. The predicted octanol–water partition coefficient (Wildman–Crippen LogP) is 3.81. The van der Waals surface area contributed by atoms with Gasteiger partial charge in [-0.15, -0.1) is 0 Å². The van der Waals surface area contributed by atoms with Crippen LogP contribution < -0.4 is 0 Å². The Hall–Kier alpha value is -2.03. The van der Waals surface area contributed by atoms with Crippen LogP contribution in [0.2, 0.25) is 0 Å². The quantitative estimate of drug-likeness (QED) is 0.736. The third-order valence-corrected chi connectivity index (χ3v) is 2.72. The lowest BCUT2D eigenvalue weighted by molar-refractivity contribution is 0.103. The Balaban J connectivity index is 2.44. The van der Waals surface area contributed by atoms with Crippen LogP contribution in [0, 0.1) is 25.5 Å². The molecular weight excluding hydrogens is 234 g/mol. The van der Waals surface area contributed by atoms with Crippen molar-refractivity contribution >= 4 is 5.78 Å². The second-order valence-corrected chi connectivity index (χ2v) is 4.31. The average Bonchev–Trinajstić information content (AvgIpc) is 2.30. The van der Waals surface area contributed by atoms with Crippen molar-refractivity contribution in [3.05, 3.63) is 70.3 Å². The summed E-state index contributed by atoms with van der Waals surface area (Å²) in [6.45, 7) is 3.30. The highest BCUT2D eigenvalue weighted by Crippen LogP contribution is 2.16. The summed E-state index contributed by atoms with van der Waals surface area (Å²) in [6, 6.07) is 8.28. The number of aryl methyl sites for hydroxylation is 2. The Morgan fingerprint density at radius 1 is 0.944 bits per heavy atom. The van der Waals surface area contributed by atoms with Crippen LogP contribution in [0.25, 0.3) is 0 Å². The molecule has 2 aromatic carbocycles. The molecule has 92 valence electrons. The zero-order valence-electron chi connectivity index (χ0n) is 10.1.